The van der Waals surface area contributed by atoms with Crippen molar-refractivity contribution < 1.29 is 9.53 Å². The van der Waals surface area contributed by atoms with Crippen LogP contribution in [-0.2, 0) is 6.42 Å². The molecule has 1 aliphatic heterocycles. The smallest absolute Gasteiger partial charge is 0.271 e. The minimum atomic E-state index is -0.590. The zero-order valence-electron chi connectivity index (χ0n) is 9.64. The Bertz CT molecular complexity index is 606. The Balaban J connectivity index is 2.06. The van der Waals surface area contributed by atoms with E-state index in [2.05, 4.69) is 15.4 Å². The molecule has 1 aromatic heterocycles. The van der Waals surface area contributed by atoms with Crippen LogP contribution in [-0.4, -0.2) is 27.9 Å². The van der Waals surface area contributed by atoms with E-state index in [1.165, 1.54) is 0 Å². The highest BCUT2D eigenvalue weighted by Gasteiger charge is 2.17. The Labute approximate surface area is 103 Å². The second-order valence-corrected chi connectivity index (χ2v) is 4.16. The standard InChI is InChI=1S/C12H12N4O2/c13-12(17)11-10(14-16-15-11)8-3-4-9-7(6-8)2-1-5-18-9/h3-4,6H,1-2,5H2,(H2,13,17)(H,14,15,16). The molecule has 0 aliphatic carbocycles. The quantitative estimate of drug-likeness (QED) is 0.820. The predicted octanol–water partition coefficient (Wildman–Crippen LogP) is 0.896. The van der Waals surface area contributed by atoms with Crippen LogP contribution < -0.4 is 10.5 Å². The maximum Gasteiger partial charge on any atom is 0.271 e. The third-order valence-electron chi connectivity index (χ3n) is 2.96. The molecule has 1 aliphatic rings. The molecule has 2 aromatic rings. The molecule has 92 valence electrons. The van der Waals surface area contributed by atoms with Crippen molar-refractivity contribution in [2.75, 3.05) is 6.61 Å². The number of nitrogens with two attached hydrogens (primary N) is 1. The van der Waals surface area contributed by atoms with Gasteiger partial charge in [0.05, 0.1) is 6.61 Å². The van der Waals surface area contributed by atoms with Crippen LogP contribution in [0.25, 0.3) is 11.3 Å². The van der Waals surface area contributed by atoms with Crippen molar-refractivity contribution in [3.63, 3.8) is 0 Å². The number of fused-ring (bicyclic) bond motifs is 1. The molecule has 3 rings (SSSR count). The molecule has 6 heteroatoms. The fourth-order valence-electron chi connectivity index (χ4n) is 2.11. The highest BCUT2D eigenvalue weighted by molar-refractivity contribution is 5.96. The summed E-state index contributed by atoms with van der Waals surface area (Å²) < 4.78 is 5.54. The van der Waals surface area contributed by atoms with Crippen LogP contribution in [0.2, 0.25) is 0 Å². The Kier molecular flexibility index (Phi) is 2.47. The second-order valence-electron chi connectivity index (χ2n) is 4.16. The van der Waals surface area contributed by atoms with Gasteiger partial charge in [-0.3, -0.25) is 4.79 Å². The van der Waals surface area contributed by atoms with Crippen LogP contribution in [0.15, 0.2) is 18.2 Å². The molecule has 0 unspecified atom stereocenters. The van der Waals surface area contributed by atoms with Crippen LogP contribution in [0.5, 0.6) is 5.75 Å². The first-order chi connectivity index (χ1) is 8.75. The van der Waals surface area contributed by atoms with Gasteiger partial charge in [0, 0.05) is 5.56 Å². The number of amides is 1. The lowest BCUT2D eigenvalue weighted by Gasteiger charge is -2.17. The van der Waals surface area contributed by atoms with Gasteiger partial charge < -0.3 is 10.5 Å². The van der Waals surface area contributed by atoms with Gasteiger partial charge >= 0.3 is 0 Å². The molecule has 0 radical (unpaired) electrons. The van der Waals surface area contributed by atoms with Gasteiger partial charge in [0.25, 0.3) is 5.91 Å². The lowest BCUT2D eigenvalue weighted by atomic mass is 10.0. The molecule has 2 heterocycles. The number of H-pyrrole nitrogens is 1. The monoisotopic (exact) mass is 244 g/mol. The van der Waals surface area contributed by atoms with E-state index in [0.717, 1.165) is 36.3 Å². The topological polar surface area (TPSA) is 93.9 Å². The average Bonchev–Trinajstić information content (AvgIpc) is 2.87. The molecule has 0 fully saturated rings. The first kappa shape index (κ1) is 10.8. The van der Waals surface area contributed by atoms with Gasteiger partial charge in [-0.25, -0.2) is 0 Å². The Hall–Kier alpha value is -2.37. The summed E-state index contributed by atoms with van der Waals surface area (Å²) in [6.45, 7) is 0.753. The molecule has 1 amide bonds. The van der Waals surface area contributed by atoms with Crippen molar-refractivity contribution in [1.29, 1.82) is 0 Å². The van der Waals surface area contributed by atoms with Crippen LogP contribution in [0.3, 0.4) is 0 Å². The summed E-state index contributed by atoms with van der Waals surface area (Å²) >= 11 is 0. The van der Waals surface area contributed by atoms with Gasteiger partial charge in [0.15, 0.2) is 5.69 Å². The van der Waals surface area contributed by atoms with Crippen molar-refractivity contribution in [1.82, 2.24) is 15.4 Å². The van der Waals surface area contributed by atoms with E-state index in [1.807, 2.05) is 18.2 Å². The third kappa shape index (κ3) is 1.71. The van der Waals surface area contributed by atoms with E-state index in [9.17, 15) is 4.79 Å². The minimum absolute atomic E-state index is 0.159. The number of primary amides is 1. The molecule has 0 bridgehead atoms. The van der Waals surface area contributed by atoms with Crippen molar-refractivity contribution in [3.05, 3.63) is 29.5 Å². The number of nitrogens with one attached hydrogen (secondary N) is 1. The van der Waals surface area contributed by atoms with E-state index in [1.54, 1.807) is 0 Å². The van der Waals surface area contributed by atoms with Gasteiger partial charge in [-0.2, -0.15) is 15.4 Å². The Morgan fingerprint density at radius 3 is 3.11 bits per heavy atom. The lowest BCUT2D eigenvalue weighted by Crippen LogP contribution is -2.13. The summed E-state index contributed by atoms with van der Waals surface area (Å²) in [4.78, 5) is 11.2. The molecular weight excluding hydrogens is 232 g/mol. The van der Waals surface area contributed by atoms with E-state index in [0.29, 0.717) is 5.69 Å². The summed E-state index contributed by atoms with van der Waals surface area (Å²) in [6, 6.07) is 5.72. The van der Waals surface area contributed by atoms with E-state index in [4.69, 9.17) is 10.5 Å². The largest absolute Gasteiger partial charge is 0.493 e. The van der Waals surface area contributed by atoms with Gasteiger partial charge in [-0.15, -0.1) is 0 Å². The first-order valence-corrected chi connectivity index (χ1v) is 5.72. The van der Waals surface area contributed by atoms with E-state index < -0.39 is 5.91 Å². The zero-order chi connectivity index (χ0) is 12.5. The van der Waals surface area contributed by atoms with Gasteiger partial charge in [-0.1, -0.05) is 0 Å². The molecular formula is C12H12N4O2. The summed E-state index contributed by atoms with van der Waals surface area (Å²) in [6.07, 6.45) is 1.96. The fourth-order valence-corrected chi connectivity index (χ4v) is 2.11. The first-order valence-electron chi connectivity index (χ1n) is 5.72. The number of ether oxygens (including phenoxy) is 1. The Morgan fingerprint density at radius 2 is 2.28 bits per heavy atom. The maximum absolute atomic E-state index is 11.2. The van der Waals surface area contributed by atoms with E-state index >= 15 is 0 Å². The molecule has 0 atom stereocenters. The highest BCUT2D eigenvalue weighted by Crippen LogP contribution is 2.30. The van der Waals surface area contributed by atoms with Crippen LogP contribution in [0, 0.1) is 0 Å². The number of carbonyl (C=O) groups excluding carboxylic acids is 1. The molecule has 3 N–H and O–H groups in total. The predicted molar refractivity (Wildman–Crippen MR) is 64.2 cm³/mol. The third-order valence-corrected chi connectivity index (χ3v) is 2.96. The summed E-state index contributed by atoms with van der Waals surface area (Å²) in [7, 11) is 0. The van der Waals surface area contributed by atoms with Crippen LogP contribution >= 0.6 is 0 Å². The van der Waals surface area contributed by atoms with Crippen LogP contribution in [0.1, 0.15) is 22.5 Å². The summed E-state index contributed by atoms with van der Waals surface area (Å²) in [5.74, 6) is 0.307. The maximum atomic E-state index is 11.2. The zero-order valence-corrected chi connectivity index (χ0v) is 9.64. The van der Waals surface area contributed by atoms with Gasteiger partial charge in [0.2, 0.25) is 0 Å². The number of aromatic amines is 1. The normalized spacial score (nSPS) is 13.8. The highest BCUT2D eigenvalue weighted by atomic mass is 16.5. The lowest BCUT2D eigenvalue weighted by molar-refractivity contribution is 0.0996. The molecule has 0 saturated carbocycles. The molecule has 6 nitrogen and oxygen atoms in total. The van der Waals surface area contributed by atoms with Crippen molar-refractivity contribution in [2.45, 2.75) is 12.8 Å². The summed E-state index contributed by atoms with van der Waals surface area (Å²) in [5.41, 5.74) is 7.83. The number of hydrogen-bond acceptors (Lipinski definition) is 4. The van der Waals surface area contributed by atoms with Crippen molar-refractivity contribution in [2.24, 2.45) is 5.73 Å². The molecule has 1 aromatic carbocycles. The van der Waals surface area contributed by atoms with Crippen molar-refractivity contribution >= 4 is 5.91 Å². The SMILES string of the molecule is NC(=O)c1n[nH]nc1-c1ccc2c(c1)CCCO2. The number of aryl methyl sites for hydroxylation is 1. The van der Waals surface area contributed by atoms with Crippen molar-refractivity contribution in [3.8, 4) is 17.0 Å². The molecule has 0 spiro atoms. The Morgan fingerprint density at radius 1 is 1.39 bits per heavy atom. The number of rotatable bonds is 2. The number of benzene rings is 1. The van der Waals surface area contributed by atoms with Gasteiger partial charge in [0.1, 0.15) is 11.4 Å². The number of aromatic nitrogens is 3. The average molecular weight is 244 g/mol. The minimum Gasteiger partial charge on any atom is -0.493 e. The molecule has 18 heavy (non-hydrogen) atoms. The second kappa shape index (κ2) is 4.14. The molecule has 0 saturated heterocycles. The fraction of sp³-hybridized carbons (Fsp3) is 0.250. The van der Waals surface area contributed by atoms with E-state index in [-0.39, 0.29) is 5.69 Å². The van der Waals surface area contributed by atoms with Gasteiger partial charge in [-0.05, 0) is 36.6 Å². The number of carbonyl (C=O) groups is 1. The number of nitrogens with zero attached hydrogens (tertiary/aromatic N) is 2. The van der Waals surface area contributed by atoms with Crippen LogP contribution in [0.4, 0.5) is 0 Å². The number of hydrogen-bond donors (Lipinski definition) is 2. The summed E-state index contributed by atoms with van der Waals surface area (Å²) in [5, 5.41) is 10.2.